The van der Waals surface area contributed by atoms with Crippen molar-refractivity contribution in [3.05, 3.63) is 35.6 Å². The quantitative estimate of drug-likeness (QED) is 0.597. The molecular formula is C18H26P+. The van der Waals surface area contributed by atoms with Gasteiger partial charge in [0.15, 0.2) is 0 Å². The van der Waals surface area contributed by atoms with E-state index in [-0.39, 0.29) is 0 Å². The Kier molecular flexibility index (Phi) is 4.08. The van der Waals surface area contributed by atoms with Gasteiger partial charge in [0, 0.05) is 5.56 Å². The number of benzene rings is 1. The third-order valence-corrected chi connectivity index (χ3v) is 9.35. The van der Waals surface area contributed by atoms with Crippen LogP contribution in [-0.2, 0) is 0 Å². The van der Waals surface area contributed by atoms with Gasteiger partial charge in [0.2, 0.25) is 0 Å². The van der Waals surface area contributed by atoms with E-state index in [1.54, 1.807) is 5.30 Å². The first-order chi connectivity index (χ1) is 9.31. The molecule has 0 radical (unpaired) electrons. The monoisotopic (exact) mass is 273 g/mol. The fraction of sp³-hybridized carbons (Fsp3) is 0.556. The van der Waals surface area contributed by atoms with Gasteiger partial charge in [-0.25, -0.2) is 0 Å². The molecule has 3 rings (SSSR count). The van der Waals surface area contributed by atoms with Crippen molar-refractivity contribution in [2.75, 3.05) is 6.66 Å². The summed E-state index contributed by atoms with van der Waals surface area (Å²) in [4.78, 5) is 0. The summed E-state index contributed by atoms with van der Waals surface area (Å²) in [7, 11) is -1.03. The minimum atomic E-state index is -1.03. The molecule has 0 amide bonds. The summed E-state index contributed by atoms with van der Waals surface area (Å²) in [5.41, 5.74) is 2.45. The van der Waals surface area contributed by atoms with Crippen LogP contribution in [0.5, 0.6) is 0 Å². The highest BCUT2D eigenvalue weighted by Gasteiger charge is 2.44. The van der Waals surface area contributed by atoms with Crippen LogP contribution >= 0.6 is 7.26 Å². The normalized spacial score (nSPS) is 28.5. The first kappa shape index (κ1) is 13.4. The Morgan fingerprint density at radius 2 is 1.53 bits per heavy atom. The molecule has 0 spiro atoms. The SMILES string of the molecule is C[P+]1(C2CCCCCCCC2)C=Cc2ccccc21. The van der Waals surface area contributed by atoms with Gasteiger partial charge in [0.05, 0.1) is 25.4 Å². The number of hydrogen-bond acceptors (Lipinski definition) is 0. The van der Waals surface area contributed by atoms with Crippen LogP contribution < -0.4 is 5.30 Å². The van der Waals surface area contributed by atoms with Crippen LogP contribution in [0.3, 0.4) is 0 Å². The van der Waals surface area contributed by atoms with Crippen LogP contribution in [0.1, 0.15) is 56.9 Å². The van der Waals surface area contributed by atoms with Crippen molar-refractivity contribution >= 4 is 18.6 Å². The van der Waals surface area contributed by atoms with E-state index < -0.39 is 7.26 Å². The largest absolute Gasteiger partial charge is 0.106 e. The number of rotatable bonds is 1. The van der Waals surface area contributed by atoms with Crippen LogP contribution in [0.15, 0.2) is 30.1 Å². The summed E-state index contributed by atoms with van der Waals surface area (Å²) in [6.07, 6.45) is 14.1. The van der Waals surface area contributed by atoms with Gasteiger partial charge in [0.25, 0.3) is 0 Å². The van der Waals surface area contributed by atoms with Crippen molar-refractivity contribution in [2.45, 2.75) is 57.0 Å². The maximum atomic E-state index is 2.60. The molecule has 1 heterocycles. The molecule has 1 aliphatic heterocycles. The van der Waals surface area contributed by atoms with Gasteiger partial charge < -0.3 is 0 Å². The Morgan fingerprint density at radius 1 is 0.895 bits per heavy atom. The van der Waals surface area contributed by atoms with Crippen molar-refractivity contribution in [2.24, 2.45) is 0 Å². The van der Waals surface area contributed by atoms with E-state index in [0.29, 0.717) is 0 Å². The van der Waals surface area contributed by atoms with Gasteiger partial charge in [-0.05, 0) is 37.8 Å². The highest BCUT2D eigenvalue weighted by Crippen LogP contribution is 2.66. The van der Waals surface area contributed by atoms with Gasteiger partial charge in [-0.1, -0.05) is 43.9 Å². The Bertz CT molecular complexity index is 453. The minimum absolute atomic E-state index is 0.950. The highest BCUT2D eigenvalue weighted by atomic mass is 31.2. The van der Waals surface area contributed by atoms with Crippen LogP contribution in [0.4, 0.5) is 0 Å². The second-order valence-electron chi connectivity index (χ2n) is 6.37. The molecule has 1 saturated carbocycles. The summed E-state index contributed by atoms with van der Waals surface area (Å²) < 4.78 is 0. The maximum absolute atomic E-state index is 2.60. The zero-order valence-electron chi connectivity index (χ0n) is 12.1. The van der Waals surface area contributed by atoms with Crippen molar-refractivity contribution in [3.8, 4) is 0 Å². The standard InChI is InChI=1S/C18H26P/c1-19(15-14-16-10-8-9-13-18(16)19)17-11-6-4-2-3-5-7-12-17/h8-10,13-15,17H,2-7,11-12H2,1H3/q+1. The molecule has 102 valence electrons. The maximum Gasteiger partial charge on any atom is 0.106 e. The fourth-order valence-corrected chi connectivity index (χ4v) is 7.67. The summed E-state index contributed by atoms with van der Waals surface area (Å²) in [5.74, 6) is 2.60. The van der Waals surface area contributed by atoms with Crippen LogP contribution in [0, 0.1) is 0 Å². The third-order valence-electron chi connectivity index (χ3n) is 5.10. The van der Waals surface area contributed by atoms with Crippen molar-refractivity contribution in [1.82, 2.24) is 0 Å². The van der Waals surface area contributed by atoms with Gasteiger partial charge in [0.1, 0.15) is 5.30 Å². The summed E-state index contributed by atoms with van der Waals surface area (Å²) in [6.45, 7) is 2.58. The smallest absolute Gasteiger partial charge is 0.0614 e. The molecular weight excluding hydrogens is 247 g/mol. The lowest BCUT2D eigenvalue weighted by molar-refractivity contribution is 0.624. The first-order valence-electron chi connectivity index (χ1n) is 7.95. The van der Waals surface area contributed by atoms with E-state index in [1.165, 1.54) is 56.9 Å². The Hall–Kier alpha value is -0.610. The third kappa shape index (κ3) is 2.65. The molecule has 0 saturated heterocycles. The van der Waals surface area contributed by atoms with Crippen molar-refractivity contribution < 1.29 is 0 Å². The molecule has 0 nitrogen and oxygen atoms in total. The molecule has 0 N–H and O–H groups in total. The van der Waals surface area contributed by atoms with E-state index in [1.807, 2.05) is 0 Å². The van der Waals surface area contributed by atoms with E-state index >= 15 is 0 Å². The average molecular weight is 273 g/mol. The molecule has 1 unspecified atom stereocenters. The molecule has 1 fully saturated rings. The molecule has 1 aromatic rings. The second kappa shape index (κ2) is 5.80. The molecule has 19 heavy (non-hydrogen) atoms. The summed E-state index contributed by atoms with van der Waals surface area (Å²) in [6, 6.07) is 9.11. The van der Waals surface area contributed by atoms with Crippen LogP contribution in [0.2, 0.25) is 0 Å². The predicted molar refractivity (Wildman–Crippen MR) is 88.7 cm³/mol. The zero-order valence-corrected chi connectivity index (χ0v) is 13.0. The van der Waals surface area contributed by atoms with E-state index in [0.717, 1.165) is 5.66 Å². The molecule has 2 aliphatic rings. The molecule has 0 bridgehead atoms. The van der Waals surface area contributed by atoms with E-state index in [2.05, 4.69) is 42.8 Å². The summed E-state index contributed by atoms with van der Waals surface area (Å²) in [5, 5.41) is 1.68. The van der Waals surface area contributed by atoms with E-state index in [4.69, 9.17) is 0 Å². The Morgan fingerprint density at radius 3 is 2.26 bits per heavy atom. The number of fused-ring (bicyclic) bond motifs is 1. The summed E-state index contributed by atoms with van der Waals surface area (Å²) >= 11 is 0. The van der Waals surface area contributed by atoms with Crippen LogP contribution in [-0.4, -0.2) is 12.3 Å². The molecule has 1 heteroatoms. The topological polar surface area (TPSA) is 0 Å². The zero-order chi connectivity index (χ0) is 13.1. The highest BCUT2D eigenvalue weighted by molar-refractivity contribution is 7.86. The molecule has 1 aromatic carbocycles. The lowest BCUT2D eigenvalue weighted by Crippen LogP contribution is -2.20. The lowest BCUT2D eigenvalue weighted by atomic mass is 10.1. The van der Waals surface area contributed by atoms with Gasteiger partial charge in [-0.2, -0.15) is 0 Å². The Balaban J connectivity index is 1.85. The lowest BCUT2D eigenvalue weighted by Gasteiger charge is -2.27. The van der Waals surface area contributed by atoms with Crippen LogP contribution in [0.25, 0.3) is 6.08 Å². The Labute approximate surface area is 118 Å². The average Bonchev–Trinajstić information content (AvgIpc) is 2.84. The fourth-order valence-electron chi connectivity index (χ4n) is 3.85. The molecule has 0 aromatic heterocycles. The van der Waals surface area contributed by atoms with Gasteiger partial charge in [-0.15, -0.1) is 0 Å². The minimum Gasteiger partial charge on any atom is -0.0614 e. The van der Waals surface area contributed by atoms with E-state index in [9.17, 15) is 0 Å². The molecule has 1 aliphatic carbocycles. The number of hydrogen-bond donors (Lipinski definition) is 0. The predicted octanol–water partition coefficient (Wildman–Crippen LogP) is 5.45. The van der Waals surface area contributed by atoms with Gasteiger partial charge in [-0.3, -0.25) is 0 Å². The van der Waals surface area contributed by atoms with Gasteiger partial charge >= 0.3 is 0 Å². The first-order valence-corrected chi connectivity index (χ1v) is 10.3. The van der Waals surface area contributed by atoms with Crippen molar-refractivity contribution in [1.29, 1.82) is 0 Å². The molecule has 1 atom stereocenters. The second-order valence-corrected chi connectivity index (χ2v) is 10.2. The van der Waals surface area contributed by atoms with Crippen molar-refractivity contribution in [3.63, 3.8) is 0 Å².